The van der Waals surface area contributed by atoms with Crippen LogP contribution in [-0.2, 0) is 4.79 Å². The highest BCUT2D eigenvalue weighted by Gasteiger charge is 2.23. The highest BCUT2D eigenvalue weighted by molar-refractivity contribution is 5.78. The third-order valence-electron chi connectivity index (χ3n) is 3.85. The molecule has 0 aromatic heterocycles. The Kier molecular flexibility index (Phi) is 6.22. The summed E-state index contributed by atoms with van der Waals surface area (Å²) in [6, 6.07) is 10.3. The van der Waals surface area contributed by atoms with Crippen molar-refractivity contribution in [3.8, 4) is 0 Å². The Labute approximate surface area is 127 Å². The van der Waals surface area contributed by atoms with Gasteiger partial charge in [-0.25, -0.2) is 0 Å². The molecule has 0 atom stereocenters. The highest BCUT2D eigenvalue weighted by Crippen LogP contribution is 2.17. The van der Waals surface area contributed by atoms with Crippen LogP contribution in [0.1, 0.15) is 18.4 Å². The maximum Gasteiger partial charge on any atom is 0.223 e. The Balaban J connectivity index is 1.70. The topological polar surface area (TPSA) is 32.3 Å². The monoisotopic (exact) mass is 284 g/mol. The van der Waals surface area contributed by atoms with Crippen molar-refractivity contribution in [3.63, 3.8) is 0 Å². The molecule has 0 spiro atoms. The van der Waals surface area contributed by atoms with Crippen LogP contribution in [0.25, 0.3) is 6.08 Å². The predicted molar refractivity (Wildman–Crippen MR) is 87.8 cm³/mol. The van der Waals surface area contributed by atoms with E-state index in [1.807, 2.05) is 18.2 Å². The number of hydrogen-bond donors (Lipinski definition) is 1. The first kappa shape index (κ1) is 15.5. The van der Waals surface area contributed by atoms with Crippen molar-refractivity contribution in [2.45, 2.75) is 12.8 Å². The van der Waals surface area contributed by atoms with Crippen LogP contribution in [0.3, 0.4) is 0 Å². The molecule has 0 saturated carbocycles. The molecule has 0 bridgehead atoms. The fourth-order valence-electron chi connectivity index (χ4n) is 2.60. The van der Waals surface area contributed by atoms with E-state index in [2.05, 4.69) is 41.1 Å². The number of likely N-dealkylation sites (tertiary alicyclic amines) is 1. The van der Waals surface area contributed by atoms with Crippen LogP contribution in [0.2, 0.25) is 0 Å². The summed E-state index contributed by atoms with van der Waals surface area (Å²) in [4.78, 5) is 14.3. The average molecular weight is 284 g/mol. The Hall–Kier alpha value is -1.87. The van der Waals surface area contributed by atoms with Crippen molar-refractivity contribution >= 4 is 12.0 Å². The first-order valence-electron chi connectivity index (χ1n) is 7.62. The first-order chi connectivity index (χ1) is 10.3. The van der Waals surface area contributed by atoms with E-state index < -0.39 is 0 Å². The van der Waals surface area contributed by atoms with Gasteiger partial charge in [0.15, 0.2) is 0 Å². The number of piperidine rings is 1. The molecule has 1 fully saturated rings. The second-order valence-corrected chi connectivity index (χ2v) is 5.42. The lowest BCUT2D eigenvalue weighted by molar-refractivity contribution is -0.126. The summed E-state index contributed by atoms with van der Waals surface area (Å²) in [5, 5.41) is 2.89. The Morgan fingerprint density at radius 2 is 2.00 bits per heavy atom. The SMILES string of the molecule is C=CCNC(=O)C1CCN(C/C=C/c2ccccc2)CC1. The normalized spacial score (nSPS) is 17.0. The van der Waals surface area contributed by atoms with Crippen molar-refractivity contribution in [2.24, 2.45) is 5.92 Å². The zero-order valence-corrected chi connectivity index (χ0v) is 12.5. The zero-order chi connectivity index (χ0) is 14.9. The van der Waals surface area contributed by atoms with Crippen molar-refractivity contribution in [1.82, 2.24) is 10.2 Å². The number of nitrogens with one attached hydrogen (secondary N) is 1. The largest absolute Gasteiger partial charge is 0.352 e. The van der Waals surface area contributed by atoms with E-state index >= 15 is 0 Å². The van der Waals surface area contributed by atoms with Gasteiger partial charge in [0.1, 0.15) is 0 Å². The van der Waals surface area contributed by atoms with E-state index in [-0.39, 0.29) is 11.8 Å². The first-order valence-corrected chi connectivity index (χ1v) is 7.62. The number of benzene rings is 1. The van der Waals surface area contributed by atoms with E-state index in [0.717, 1.165) is 32.5 Å². The van der Waals surface area contributed by atoms with Crippen LogP contribution in [-0.4, -0.2) is 37.0 Å². The van der Waals surface area contributed by atoms with Gasteiger partial charge in [0.25, 0.3) is 0 Å². The van der Waals surface area contributed by atoms with E-state index in [9.17, 15) is 4.79 Å². The molecule has 0 radical (unpaired) electrons. The van der Waals surface area contributed by atoms with E-state index in [0.29, 0.717) is 6.54 Å². The average Bonchev–Trinajstić information content (AvgIpc) is 2.54. The van der Waals surface area contributed by atoms with Gasteiger partial charge in [0, 0.05) is 19.0 Å². The van der Waals surface area contributed by atoms with E-state index in [1.165, 1.54) is 5.56 Å². The second-order valence-electron chi connectivity index (χ2n) is 5.42. The lowest BCUT2D eigenvalue weighted by Gasteiger charge is -2.30. The van der Waals surface area contributed by atoms with Crippen LogP contribution in [0.15, 0.2) is 49.1 Å². The molecule has 1 aliphatic heterocycles. The molecule has 2 rings (SSSR count). The Morgan fingerprint density at radius 3 is 2.67 bits per heavy atom. The highest BCUT2D eigenvalue weighted by atomic mass is 16.1. The van der Waals surface area contributed by atoms with Crippen molar-refractivity contribution in [1.29, 1.82) is 0 Å². The summed E-state index contributed by atoms with van der Waals surface area (Å²) in [6.07, 6.45) is 7.97. The van der Waals surface area contributed by atoms with Crippen LogP contribution < -0.4 is 5.32 Å². The molecule has 1 aromatic rings. The molecule has 0 unspecified atom stereocenters. The molecule has 1 amide bonds. The maximum absolute atomic E-state index is 11.9. The minimum Gasteiger partial charge on any atom is -0.352 e. The number of hydrogen-bond acceptors (Lipinski definition) is 2. The van der Waals surface area contributed by atoms with E-state index in [4.69, 9.17) is 0 Å². The molecule has 1 aromatic carbocycles. The number of amides is 1. The van der Waals surface area contributed by atoms with Crippen LogP contribution in [0.5, 0.6) is 0 Å². The van der Waals surface area contributed by atoms with Gasteiger partial charge in [-0.15, -0.1) is 6.58 Å². The predicted octanol–water partition coefficient (Wildman–Crippen LogP) is 2.71. The van der Waals surface area contributed by atoms with Gasteiger partial charge in [-0.3, -0.25) is 9.69 Å². The molecule has 1 heterocycles. The third-order valence-corrected chi connectivity index (χ3v) is 3.85. The lowest BCUT2D eigenvalue weighted by atomic mass is 9.96. The fraction of sp³-hybridized carbons (Fsp3) is 0.389. The molecular formula is C18H24N2O. The summed E-state index contributed by atoms with van der Waals surface area (Å²) in [5.74, 6) is 0.341. The number of carbonyl (C=O) groups is 1. The van der Waals surface area contributed by atoms with Crippen LogP contribution >= 0.6 is 0 Å². The van der Waals surface area contributed by atoms with Gasteiger partial charge in [-0.05, 0) is 31.5 Å². The van der Waals surface area contributed by atoms with E-state index in [1.54, 1.807) is 6.08 Å². The maximum atomic E-state index is 11.9. The van der Waals surface area contributed by atoms with Gasteiger partial charge in [-0.2, -0.15) is 0 Å². The summed E-state index contributed by atoms with van der Waals surface area (Å²) < 4.78 is 0. The Bertz CT molecular complexity index is 473. The quantitative estimate of drug-likeness (QED) is 0.815. The van der Waals surface area contributed by atoms with Gasteiger partial charge >= 0.3 is 0 Å². The summed E-state index contributed by atoms with van der Waals surface area (Å²) in [5.41, 5.74) is 1.23. The molecule has 1 aliphatic rings. The number of rotatable bonds is 6. The number of nitrogens with zero attached hydrogens (tertiary/aromatic N) is 1. The summed E-state index contributed by atoms with van der Waals surface area (Å²) in [6.45, 7) is 7.12. The smallest absolute Gasteiger partial charge is 0.223 e. The van der Waals surface area contributed by atoms with Gasteiger partial charge in [-0.1, -0.05) is 48.6 Å². The molecular weight excluding hydrogens is 260 g/mol. The second kappa shape index (κ2) is 8.42. The molecule has 21 heavy (non-hydrogen) atoms. The molecule has 0 aliphatic carbocycles. The third kappa shape index (κ3) is 5.20. The van der Waals surface area contributed by atoms with Crippen LogP contribution in [0.4, 0.5) is 0 Å². The Morgan fingerprint density at radius 1 is 1.29 bits per heavy atom. The van der Waals surface area contributed by atoms with Gasteiger partial charge < -0.3 is 5.32 Å². The van der Waals surface area contributed by atoms with Crippen molar-refractivity contribution in [2.75, 3.05) is 26.2 Å². The zero-order valence-electron chi connectivity index (χ0n) is 12.5. The minimum atomic E-state index is 0.166. The van der Waals surface area contributed by atoms with Crippen molar-refractivity contribution in [3.05, 3.63) is 54.6 Å². The van der Waals surface area contributed by atoms with Gasteiger partial charge in [0.2, 0.25) is 5.91 Å². The minimum absolute atomic E-state index is 0.166. The summed E-state index contributed by atoms with van der Waals surface area (Å²) in [7, 11) is 0. The molecule has 1 saturated heterocycles. The van der Waals surface area contributed by atoms with Gasteiger partial charge in [0.05, 0.1) is 0 Å². The fourth-order valence-corrected chi connectivity index (χ4v) is 2.60. The van der Waals surface area contributed by atoms with Crippen LogP contribution in [0, 0.1) is 5.92 Å². The molecule has 1 N–H and O–H groups in total. The summed E-state index contributed by atoms with van der Waals surface area (Å²) >= 11 is 0. The molecule has 3 heteroatoms. The molecule has 112 valence electrons. The number of carbonyl (C=O) groups excluding carboxylic acids is 1. The lowest BCUT2D eigenvalue weighted by Crippen LogP contribution is -2.40. The molecule has 3 nitrogen and oxygen atoms in total. The standard InChI is InChI=1S/C18H24N2O/c1-2-12-19-18(21)17-10-14-20(15-11-17)13-6-9-16-7-4-3-5-8-16/h2-9,17H,1,10-15H2,(H,19,21)/b9-6+. The van der Waals surface area contributed by atoms with Crippen molar-refractivity contribution < 1.29 is 4.79 Å².